The van der Waals surface area contributed by atoms with Gasteiger partial charge in [0, 0.05) is 23.7 Å². The first-order valence-electron chi connectivity index (χ1n) is 7.41. The van der Waals surface area contributed by atoms with Crippen LogP contribution in [0.2, 0.25) is 0 Å². The van der Waals surface area contributed by atoms with E-state index in [2.05, 4.69) is 24.4 Å². The summed E-state index contributed by atoms with van der Waals surface area (Å²) in [5.41, 5.74) is 2.45. The zero-order valence-electron chi connectivity index (χ0n) is 13.3. The van der Waals surface area contributed by atoms with E-state index in [-0.39, 0.29) is 13.0 Å². The molecule has 1 fully saturated rings. The van der Waals surface area contributed by atoms with Gasteiger partial charge in [0.1, 0.15) is 0 Å². The fourth-order valence-corrected chi connectivity index (χ4v) is 2.99. The number of esters is 1. The highest BCUT2D eigenvalue weighted by Crippen LogP contribution is 2.21. The molecule has 124 valence electrons. The Morgan fingerprint density at radius 1 is 1.30 bits per heavy atom. The molecule has 0 aromatic heterocycles. The van der Waals surface area contributed by atoms with Gasteiger partial charge >= 0.3 is 12.0 Å². The Hall–Kier alpha value is -2.02. The van der Waals surface area contributed by atoms with Gasteiger partial charge in [0.2, 0.25) is 0 Å². The number of hydrogen-bond acceptors (Lipinski definition) is 5. The number of aryl methyl sites for hydroxylation is 2. The second kappa shape index (κ2) is 8.01. The van der Waals surface area contributed by atoms with Crippen molar-refractivity contribution in [1.29, 1.82) is 0 Å². The van der Waals surface area contributed by atoms with Crippen molar-refractivity contribution < 1.29 is 19.1 Å². The topological polar surface area (TPSA) is 75.7 Å². The lowest BCUT2D eigenvalue weighted by molar-refractivity contribution is -0.150. The van der Waals surface area contributed by atoms with Gasteiger partial charge in [0.15, 0.2) is 6.61 Å². The monoisotopic (exact) mass is 336 g/mol. The molecule has 1 aromatic rings. The van der Waals surface area contributed by atoms with E-state index in [1.165, 1.54) is 11.1 Å². The van der Waals surface area contributed by atoms with Crippen LogP contribution in [0.4, 0.5) is 4.79 Å². The number of nitrogens with one attached hydrogen (secondary N) is 1. The fraction of sp³-hybridized carbons (Fsp3) is 0.438. The van der Waals surface area contributed by atoms with Gasteiger partial charge in [0.05, 0.1) is 6.42 Å². The molecule has 2 rings (SSSR count). The summed E-state index contributed by atoms with van der Waals surface area (Å²) < 4.78 is 4.92. The Kier molecular flexibility index (Phi) is 6.04. The van der Waals surface area contributed by atoms with Crippen molar-refractivity contribution in [3.63, 3.8) is 0 Å². The maximum Gasteiger partial charge on any atom is 0.324 e. The number of carbonyl (C=O) groups excluding carboxylic acids is 3. The van der Waals surface area contributed by atoms with Crippen LogP contribution in [-0.2, 0) is 14.3 Å². The van der Waals surface area contributed by atoms with E-state index in [0.717, 1.165) is 9.80 Å². The lowest BCUT2D eigenvalue weighted by Gasteiger charge is -2.12. The molecule has 0 saturated carbocycles. The van der Waals surface area contributed by atoms with Crippen LogP contribution in [0.1, 0.15) is 17.5 Å². The van der Waals surface area contributed by atoms with Crippen LogP contribution < -0.4 is 5.32 Å². The Morgan fingerprint density at radius 2 is 2.09 bits per heavy atom. The van der Waals surface area contributed by atoms with Crippen molar-refractivity contribution in [2.75, 3.05) is 25.4 Å². The molecule has 0 aliphatic carbocycles. The van der Waals surface area contributed by atoms with Crippen molar-refractivity contribution in [1.82, 2.24) is 10.2 Å². The summed E-state index contributed by atoms with van der Waals surface area (Å²) in [7, 11) is 0. The van der Waals surface area contributed by atoms with Gasteiger partial charge in [0.25, 0.3) is 5.91 Å². The first-order valence-corrected chi connectivity index (χ1v) is 8.40. The number of urea groups is 1. The number of nitrogens with zero attached hydrogens (tertiary/aromatic N) is 1. The van der Waals surface area contributed by atoms with Gasteiger partial charge in [-0.15, -0.1) is 11.8 Å². The maximum atomic E-state index is 11.7. The molecule has 6 nitrogen and oxygen atoms in total. The first-order chi connectivity index (χ1) is 11.0. The first kappa shape index (κ1) is 17.3. The molecular formula is C16H20N2O4S. The number of thioether (sulfide) groups is 1. The average Bonchev–Trinajstić information content (AvgIpc) is 2.94. The highest BCUT2D eigenvalue weighted by molar-refractivity contribution is 7.99. The molecule has 1 heterocycles. The van der Waals surface area contributed by atoms with Gasteiger partial charge in [-0.05, 0) is 37.1 Å². The minimum atomic E-state index is -0.491. The highest BCUT2D eigenvalue weighted by atomic mass is 32.2. The number of ether oxygens (including phenoxy) is 1. The van der Waals surface area contributed by atoms with Gasteiger partial charge < -0.3 is 10.1 Å². The molecule has 1 aliphatic rings. The third-order valence-electron chi connectivity index (χ3n) is 3.57. The standard InChI is InChI=1S/C16H20N2O4S/c1-11-3-4-13(9-12(11)2)23-8-5-15(20)22-10-14(19)18-7-6-17-16(18)21/h3-4,9H,5-8,10H2,1-2H3,(H,17,21). The molecule has 1 aromatic carbocycles. The summed E-state index contributed by atoms with van der Waals surface area (Å²) in [6.45, 7) is 4.47. The molecule has 3 amide bonds. The molecule has 0 unspecified atom stereocenters. The molecule has 0 radical (unpaired) electrons. The summed E-state index contributed by atoms with van der Waals surface area (Å²) in [6, 6.07) is 5.72. The summed E-state index contributed by atoms with van der Waals surface area (Å²) in [6.07, 6.45) is 0.219. The number of hydrogen-bond donors (Lipinski definition) is 1. The third-order valence-corrected chi connectivity index (χ3v) is 4.56. The van der Waals surface area contributed by atoms with E-state index in [1.807, 2.05) is 13.0 Å². The molecule has 23 heavy (non-hydrogen) atoms. The van der Waals surface area contributed by atoms with E-state index in [0.29, 0.717) is 18.8 Å². The molecule has 1 aliphatic heterocycles. The number of benzene rings is 1. The molecular weight excluding hydrogens is 316 g/mol. The third kappa shape index (κ3) is 4.99. The summed E-state index contributed by atoms with van der Waals surface area (Å²) >= 11 is 1.57. The summed E-state index contributed by atoms with van der Waals surface area (Å²) in [5.74, 6) is -0.343. The van der Waals surface area contributed by atoms with Gasteiger partial charge in [-0.25, -0.2) is 4.79 Å². The van der Waals surface area contributed by atoms with E-state index < -0.39 is 17.9 Å². The average molecular weight is 336 g/mol. The molecule has 1 N–H and O–H groups in total. The lowest BCUT2D eigenvalue weighted by atomic mass is 10.1. The second-order valence-electron chi connectivity index (χ2n) is 5.28. The van der Waals surface area contributed by atoms with Crippen molar-refractivity contribution >= 4 is 29.7 Å². The fourth-order valence-electron chi connectivity index (χ4n) is 2.06. The van der Waals surface area contributed by atoms with Gasteiger partial charge in [-0.3, -0.25) is 14.5 Å². The predicted molar refractivity (Wildman–Crippen MR) is 87.3 cm³/mol. The van der Waals surface area contributed by atoms with Crippen LogP contribution in [0.5, 0.6) is 0 Å². The van der Waals surface area contributed by atoms with Gasteiger partial charge in [-0.1, -0.05) is 6.07 Å². The van der Waals surface area contributed by atoms with Crippen LogP contribution >= 0.6 is 11.8 Å². The lowest BCUT2D eigenvalue weighted by Crippen LogP contribution is -2.37. The Labute approximate surface area is 139 Å². The van der Waals surface area contributed by atoms with Crippen LogP contribution in [0.15, 0.2) is 23.1 Å². The SMILES string of the molecule is Cc1ccc(SCCC(=O)OCC(=O)N2CCNC2=O)cc1C. The number of amides is 3. The van der Waals surface area contributed by atoms with Crippen molar-refractivity contribution in [3.05, 3.63) is 29.3 Å². The Bertz CT molecular complexity index is 618. The predicted octanol–water partition coefficient (Wildman–Crippen LogP) is 1.88. The molecule has 0 atom stereocenters. The molecule has 1 saturated heterocycles. The maximum absolute atomic E-state index is 11.7. The van der Waals surface area contributed by atoms with Crippen LogP contribution in [0.3, 0.4) is 0 Å². The largest absolute Gasteiger partial charge is 0.456 e. The minimum Gasteiger partial charge on any atom is -0.456 e. The molecule has 7 heteroatoms. The van der Waals surface area contributed by atoms with E-state index in [4.69, 9.17) is 4.74 Å². The minimum absolute atomic E-state index is 0.219. The quantitative estimate of drug-likeness (QED) is 0.634. The van der Waals surface area contributed by atoms with Crippen molar-refractivity contribution in [2.24, 2.45) is 0 Å². The second-order valence-corrected chi connectivity index (χ2v) is 6.45. The highest BCUT2D eigenvalue weighted by Gasteiger charge is 2.26. The molecule has 0 bridgehead atoms. The van der Waals surface area contributed by atoms with Crippen LogP contribution in [0, 0.1) is 13.8 Å². The van der Waals surface area contributed by atoms with E-state index in [9.17, 15) is 14.4 Å². The van der Waals surface area contributed by atoms with Crippen LogP contribution in [-0.4, -0.2) is 48.3 Å². The molecule has 0 spiro atoms. The summed E-state index contributed by atoms with van der Waals surface area (Å²) in [5, 5.41) is 2.52. The van der Waals surface area contributed by atoms with Crippen molar-refractivity contribution in [2.45, 2.75) is 25.2 Å². The number of carbonyl (C=O) groups is 3. The number of imide groups is 1. The van der Waals surface area contributed by atoms with E-state index >= 15 is 0 Å². The summed E-state index contributed by atoms with van der Waals surface area (Å²) in [4.78, 5) is 36.8. The van der Waals surface area contributed by atoms with Gasteiger partial charge in [-0.2, -0.15) is 0 Å². The van der Waals surface area contributed by atoms with E-state index in [1.54, 1.807) is 11.8 Å². The van der Waals surface area contributed by atoms with Crippen molar-refractivity contribution in [3.8, 4) is 0 Å². The zero-order chi connectivity index (χ0) is 16.8. The Balaban J connectivity index is 1.67. The zero-order valence-corrected chi connectivity index (χ0v) is 14.1. The normalized spacial score (nSPS) is 13.8. The number of rotatable bonds is 6. The van der Waals surface area contributed by atoms with Crippen LogP contribution in [0.25, 0.3) is 0 Å². The smallest absolute Gasteiger partial charge is 0.324 e. The Morgan fingerprint density at radius 3 is 2.74 bits per heavy atom.